The molecule has 0 radical (unpaired) electrons. The summed E-state index contributed by atoms with van der Waals surface area (Å²) in [6.45, 7) is 8.08. The number of carbonyl (C=O) groups is 1. The van der Waals surface area contributed by atoms with E-state index in [1.54, 1.807) is 0 Å². The third-order valence-electron chi connectivity index (χ3n) is 4.36. The van der Waals surface area contributed by atoms with E-state index in [0.29, 0.717) is 10.6 Å². The van der Waals surface area contributed by atoms with Crippen molar-refractivity contribution in [2.45, 2.75) is 32.7 Å². The first-order valence-corrected chi connectivity index (χ1v) is 9.67. The molecule has 4 nitrogen and oxygen atoms in total. The molecule has 2 aromatic carbocycles. The minimum absolute atomic E-state index is 0.115. The third-order valence-corrected chi connectivity index (χ3v) is 5.35. The van der Waals surface area contributed by atoms with E-state index in [1.165, 1.54) is 17.3 Å². The van der Waals surface area contributed by atoms with Gasteiger partial charge in [0.2, 0.25) is 5.91 Å². The summed E-state index contributed by atoms with van der Waals surface area (Å²) in [5, 5.41) is 13.9. The average Bonchev–Trinajstić information content (AvgIpc) is 2.59. The lowest BCUT2D eigenvalue weighted by Crippen LogP contribution is -2.14. The van der Waals surface area contributed by atoms with Gasteiger partial charge in [-0.2, -0.15) is 5.26 Å². The first kappa shape index (κ1) is 18.9. The Hall–Kier alpha value is -2.84. The van der Waals surface area contributed by atoms with E-state index in [1.807, 2.05) is 58.0 Å². The van der Waals surface area contributed by atoms with Crippen LogP contribution in [0.15, 0.2) is 41.4 Å². The van der Waals surface area contributed by atoms with Crippen molar-refractivity contribution in [3.8, 4) is 6.07 Å². The molecule has 0 spiro atoms. The Kier molecular flexibility index (Phi) is 5.48. The summed E-state index contributed by atoms with van der Waals surface area (Å²) in [4.78, 5) is 16.9. The number of rotatable bonds is 4. The van der Waals surface area contributed by atoms with E-state index in [-0.39, 0.29) is 11.7 Å². The predicted molar refractivity (Wildman–Crippen MR) is 111 cm³/mol. The highest BCUT2D eigenvalue weighted by Crippen LogP contribution is 2.26. The van der Waals surface area contributed by atoms with Gasteiger partial charge < -0.3 is 5.32 Å². The number of benzene rings is 2. The Bertz CT molecular complexity index is 1060. The summed E-state index contributed by atoms with van der Waals surface area (Å²) in [7, 11) is 0. The van der Waals surface area contributed by atoms with Crippen LogP contribution < -0.4 is 5.32 Å². The van der Waals surface area contributed by atoms with Crippen molar-refractivity contribution in [2.75, 3.05) is 11.1 Å². The molecular formula is C22H21N3OS. The van der Waals surface area contributed by atoms with Crippen molar-refractivity contribution in [3.63, 3.8) is 0 Å². The fourth-order valence-electron chi connectivity index (χ4n) is 2.99. The molecular weight excluding hydrogens is 354 g/mol. The van der Waals surface area contributed by atoms with Gasteiger partial charge in [-0.15, -0.1) is 0 Å². The largest absolute Gasteiger partial charge is 0.325 e. The molecule has 0 unspecified atom stereocenters. The molecule has 136 valence electrons. The molecule has 3 aromatic rings. The van der Waals surface area contributed by atoms with Gasteiger partial charge in [0.05, 0.1) is 16.8 Å². The maximum Gasteiger partial charge on any atom is 0.234 e. The van der Waals surface area contributed by atoms with Gasteiger partial charge in [0.25, 0.3) is 0 Å². The fourth-order valence-corrected chi connectivity index (χ4v) is 3.75. The van der Waals surface area contributed by atoms with Crippen molar-refractivity contribution >= 4 is 34.3 Å². The molecule has 0 bridgehead atoms. The summed E-state index contributed by atoms with van der Waals surface area (Å²) >= 11 is 1.29. The molecule has 5 heteroatoms. The van der Waals surface area contributed by atoms with Gasteiger partial charge in [0.15, 0.2) is 0 Å². The molecule has 0 aliphatic rings. The standard InChI is InChI=1S/C22H21N3OS/c1-13-5-14(2)7-19(6-13)24-21(26)12-27-22-18(11-23)10-17-8-15(3)16(4)9-20(17)25-22/h5-10H,12H2,1-4H3,(H,24,26). The molecule has 0 aliphatic heterocycles. The van der Waals surface area contributed by atoms with Gasteiger partial charge in [-0.1, -0.05) is 17.8 Å². The predicted octanol–water partition coefficient (Wildman–Crippen LogP) is 5.07. The molecule has 0 fully saturated rings. The van der Waals surface area contributed by atoms with Crippen LogP contribution in [0, 0.1) is 39.0 Å². The van der Waals surface area contributed by atoms with Gasteiger partial charge in [0, 0.05) is 11.1 Å². The van der Waals surface area contributed by atoms with Crippen molar-refractivity contribution in [1.82, 2.24) is 4.98 Å². The zero-order valence-corrected chi connectivity index (χ0v) is 16.7. The van der Waals surface area contributed by atoms with Gasteiger partial charge in [-0.25, -0.2) is 4.98 Å². The zero-order chi connectivity index (χ0) is 19.6. The van der Waals surface area contributed by atoms with Crippen LogP contribution in [0.2, 0.25) is 0 Å². The van der Waals surface area contributed by atoms with Gasteiger partial charge in [0.1, 0.15) is 11.1 Å². The van der Waals surface area contributed by atoms with Crippen LogP contribution in [0.1, 0.15) is 27.8 Å². The van der Waals surface area contributed by atoms with Gasteiger partial charge >= 0.3 is 0 Å². The molecule has 1 aromatic heterocycles. The second-order valence-electron chi connectivity index (χ2n) is 6.80. The number of aromatic nitrogens is 1. The molecule has 1 amide bonds. The van der Waals surface area contributed by atoms with Crippen molar-refractivity contribution < 1.29 is 4.79 Å². The fraction of sp³-hybridized carbons (Fsp3) is 0.227. The summed E-state index contributed by atoms with van der Waals surface area (Å²) in [5.74, 6) is 0.0845. The van der Waals surface area contributed by atoms with Crippen molar-refractivity contribution in [3.05, 3.63) is 64.2 Å². The number of hydrogen-bond donors (Lipinski definition) is 1. The summed E-state index contributed by atoms with van der Waals surface area (Å²) in [6.07, 6.45) is 0. The lowest BCUT2D eigenvalue weighted by Gasteiger charge is -2.09. The molecule has 0 saturated carbocycles. The number of pyridine rings is 1. The van der Waals surface area contributed by atoms with Crippen molar-refractivity contribution in [2.24, 2.45) is 0 Å². The molecule has 0 aliphatic carbocycles. The molecule has 0 saturated heterocycles. The lowest BCUT2D eigenvalue weighted by atomic mass is 10.1. The van der Waals surface area contributed by atoms with Crippen LogP contribution in [-0.4, -0.2) is 16.6 Å². The van der Waals surface area contributed by atoms with E-state index in [0.717, 1.165) is 33.3 Å². The SMILES string of the molecule is Cc1cc(C)cc(NC(=O)CSc2nc3cc(C)c(C)cc3cc2C#N)c1. The Morgan fingerprint density at radius 3 is 2.37 bits per heavy atom. The van der Waals surface area contributed by atoms with Crippen LogP contribution in [0.5, 0.6) is 0 Å². The number of aryl methyl sites for hydroxylation is 4. The normalized spacial score (nSPS) is 10.6. The number of amides is 1. The number of nitrogens with zero attached hydrogens (tertiary/aromatic N) is 2. The Morgan fingerprint density at radius 2 is 1.70 bits per heavy atom. The number of hydrogen-bond acceptors (Lipinski definition) is 4. The second kappa shape index (κ2) is 7.81. The minimum atomic E-state index is -0.115. The van der Waals surface area contributed by atoms with Crippen LogP contribution in [-0.2, 0) is 4.79 Å². The van der Waals surface area contributed by atoms with Crippen LogP contribution in [0.4, 0.5) is 5.69 Å². The average molecular weight is 375 g/mol. The van der Waals surface area contributed by atoms with Crippen LogP contribution in [0.25, 0.3) is 10.9 Å². The number of fused-ring (bicyclic) bond motifs is 1. The number of nitriles is 1. The number of thioether (sulfide) groups is 1. The van der Waals surface area contributed by atoms with E-state index >= 15 is 0 Å². The maximum absolute atomic E-state index is 12.3. The Labute approximate surface area is 163 Å². The van der Waals surface area contributed by atoms with Crippen LogP contribution >= 0.6 is 11.8 Å². The summed E-state index contributed by atoms with van der Waals surface area (Å²) in [6, 6.07) is 14.0. The van der Waals surface area contributed by atoms with E-state index in [2.05, 4.69) is 22.4 Å². The molecule has 1 heterocycles. The quantitative estimate of drug-likeness (QED) is 0.647. The summed E-state index contributed by atoms with van der Waals surface area (Å²) < 4.78 is 0. The molecule has 3 rings (SSSR count). The Balaban J connectivity index is 1.78. The highest BCUT2D eigenvalue weighted by Gasteiger charge is 2.11. The van der Waals surface area contributed by atoms with E-state index in [9.17, 15) is 10.1 Å². The first-order chi connectivity index (χ1) is 12.9. The number of nitrogens with one attached hydrogen (secondary N) is 1. The maximum atomic E-state index is 12.3. The topological polar surface area (TPSA) is 65.8 Å². The highest BCUT2D eigenvalue weighted by atomic mass is 32.2. The highest BCUT2D eigenvalue weighted by molar-refractivity contribution is 8.00. The smallest absolute Gasteiger partial charge is 0.234 e. The molecule has 1 N–H and O–H groups in total. The Morgan fingerprint density at radius 1 is 1.04 bits per heavy atom. The minimum Gasteiger partial charge on any atom is -0.325 e. The van der Waals surface area contributed by atoms with E-state index < -0.39 is 0 Å². The monoisotopic (exact) mass is 375 g/mol. The summed E-state index contributed by atoms with van der Waals surface area (Å²) in [5.41, 5.74) is 6.66. The van der Waals surface area contributed by atoms with Gasteiger partial charge in [-0.05, 0) is 80.3 Å². The third kappa shape index (κ3) is 4.47. The molecule has 27 heavy (non-hydrogen) atoms. The molecule has 0 atom stereocenters. The first-order valence-electron chi connectivity index (χ1n) is 8.69. The van der Waals surface area contributed by atoms with Gasteiger partial charge in [-0.3, -0.25) is 4.79 Å². The number of carbonyl (C=O) groups excluding carboxylic acids is 1. The number of anilines is 1. The van der Waals surface area contributed by atoms with Crippen molar-refractivity contribution in [1.29, 1.82) is 5.26 Å². The second-order valence-corrected chi connectivity index (χ2v) is 7.76. The lowest BCUT2D eigenvalue weighted by molar-refractivity contribution is -0.113. The zero-order valence-electron chi connectivity index (χ0n) is 15.9. The van der Waals surface area contributed by atoms with E-state index in [4.69, 9.17) is 0 Å². The van der Waals surface area contributed by atoms with Crippen LogP contribution in [0.3, 0.4) is 0 Å².